The van der Waals surface area contributed by atoms with Gasteiger partial charge in [0.2, 0.25) is 0 Å². The smallest absolute Gasteiger partial charge is 0.319 e. The summed E-state index contributed by atoms with van der Waals surface area (Å²) in [6.45, 7) is 2.14. The minimum absolute atomic E-state index is 0.104. The summed E-state index contributed by atoms with van der Waals surface area (Å²) < 4.78 is 0.905. The molecule has 2 bridgehead atoms. The van der Waals surface area contributed by atoms with Crippen molar-refractivity contribution in [1.29, 1.82) is 0 Å². The van der Waals surface area contributed by atoms with Gasteiger partial charge in [0.15, 0.2) is 0 Å². The van der Waals surface area contributed by atoms with Gasteiger partial charge in [-0.05, 0) is 72.0 Å². The number of benzene rings is 1. The van der Waals surface area contributed by atoms with E-state index in [4.69, 9.17) is 0 Å². The number of amides is 2. The van der Waals surface area contributed by atoms with Crippen molar-refractivity contribution in [3.63, 3.8) is 0 Å². The van der Waals surface area contributed by atoms with E-state index >= 15 is 0 Å². The normalized spacial score (nSPS) is 29.2. The first kappa shape index (κ1) is 13.9. The van der Waals surface area contributed by atoms with E-state index in [0.29, 0.717) is 5.92 Å². The molecule has 2 amide bonds. The van der Waals surface area contributed by atoms with E-state index < -0.39 is 0 Å². The fraction of sp³-hybridized carbons (Fsp3) is 0.562. The average Bonchev–Trinajstić information content (AvgIpc) is 3.03. The lowest BCUT2D eigenvalue weighted by molar-refractivity contribution is 0.230. The molecule has 20 heavy (non-hydrogen) atoms. The van der Waals surface area contributed by atoms with Crippen molar-refractivity contribution < 1.29 is 4.79 Å². The lowest BCUT2D eigenvalue weighted by Crippen LogP contribution is -2.42. The molecule has 2 N–H and O–H groups in total. The van der Waals surface area contributed by atoms with Crippen molar-refractivity contribution in [1.82, 2.24) is 5.32 Å². The van der Waals surface area contributed by atoms with Gasteiger partial charge in [-0.1, -0.05) is 18.6 Å². The van der Waals surface area contributed by atoms with Gasteiger partial charge < -0.3 is 10.6 Å². The van der Waals surface area contributed by atoms with Crippen LogP contribution in [-0.4, -0.2) is 12.1 Å². The number of nitrogens with one attached hydrogen (secondary N) is 2. The maximum absolute atomic E-state index is 12.1. The van der Waals surface area contributed by atoms with Crippen LogP contribution >= 0.6 is 15.9 Å². The van der Waals surface area contributed by atoms with Crippen molar-refractivity contribution in [2.45, 2.75) is 38.6 Å². The summed E-state index contributed by atoms with van der Waals surface area (Å²) in [5.74, 6) is 2.41. The van der Waals surface area contributed by atoms with Crippen LogP contribution in [0.4, 0.5) is 10.5 Å². The van der Waals surface area contributed by atoms with Crippen molar-refractivity contribution in [2.75, 3.05) is 5.32 Å². The Bertz CT molecular complexity index is 505. The van der Waals surface area contributed by atoms with E-state index in [9.17, 15) is 4.79 Å². The van der Waals surface area contributed by atoms with Gasteiger partial charge in [0, 0.05) is 10.5 Å². The van der Waals surface area contributed by atoms with Crippen LogP contribution in [0.3, 0.4) is 0 Å². The number of halogens is 1. The van der Waals surface area contributed by atoms with Gasteiger partial charge in [0.05, 0.1) is 5.69 Å². The molecule has 0 unspecified atom stereocenters. The fourth-order valence-corrected chi connectivity index (χ4v) is 4.33. The zero-order chi connectivity index (χ0) is 14.1. The summed E-state index contributed by atoms with van der Waals surface area (Å²) in [5, 5.41) is 6.02. The third-order valence-electron chi connectivity index (χ3n) is 4.92. The van der Waals surface area contributed by atoms with E-state index in [0.717, 1.165) is 22.0 Å². The minimum Gasteiger partial charge on any atom is -0.335 e. The number of fused-ring (bicyclic) bond motifs is 2. The Kier molecular flexibility index (Phi) is 4.01. The van der Waals surface area contributed by atoms with E-state index in [1.165, 1.54) is 25.7 Å². The van der Waals surface area contributed by atoms with E-state index in [-0.39, 0.29) is 12.1 Å². The molecule has 2 aliphatic carbocycles. The molecule has 2 fully saturated rings. The van der Waals surface area contributed by atoms with Crippen LogP contribution < -0.4 is 10.6 Å². The lowest BCUT2D eigenvalue weighted by atomic mass is 9.84. The predicted molar refractivity (Wildman–Crippen MR) is 84.7 cm³/mol. The molecule has 3 rings (SSSR count). The summed E-state index contributed by atoms with van der Waals surface area (Å²) >= 11 is 3.44. The van der Waals surface area contributed by atoms with Crippen LogP contribution in [0.25, 0.3) is 0 Å². The first-order valence-corrected chi connectivity index (χ1v) is 8.25. The number of rotatable bonds is 3. The molecule has 2 aliphatic rings. The Balaban J connectivity index is 1.55. The number of para-hydroxylation sites is 1. The maximum atomic E-state index is 12.1. The van der Waals surface area contributed by atoms with Gasteiger partial charge in [0.25, 0.3) is 0 Å². The second-order valence-electron chi connectivity index (χ2n) is 6.21. The molecule has 0 saturated heterocycles. The Morgan fingerprint density at radius 3 is 2.75 bits per heavy atom. The lowest BCUT2D eigenvalue weighted by Gasteiger charge is -2.28. The van der Waals surface area contributed by atoms with Crippen LogP contribution in [0.15, 0.2) is 28.7 Å². The summed E-state index contributed by atoms with van der Waals surface area (Å²) in [6.07, 6.45) is 5.42. The van der Waals surface area contributed by atoms with Crippen molar-refractivity contribution in [3.05, 3.63) is 28.7 Å². The molecule has 0 heterocycles. The van der Waals surface area contributed by atoms with E-state index in [1.807, 2.05) is 24.3 Å². The highest BCUT2D eigenvalue weighted by Crippen LogP contribution is 2.49. The van der Waals surface area contributed by atoms with Crippen LogP contribution in [0.2, 0.25) is 0 Å². The summed E-state index contributed by atoms with van der Waals surface area (Å²) in [6, 6.07) is 7.82. The number of hydrogen-bond donors (Lipinski definition) is 2. The highest BCUT2D eigenvalue weighted by atomic mass is 79.9. The first-order chi connectivity index (χ1) is 9.63. The second kappa shape index (κ2) is 5.76. The quantitative estimate of drug-likeness (QED) is 0.844. The molecular formula is C16H21BrN2O. The van der Waals surface area contributed by atoms with Crippen LogP contribution in [0.1, 0.15) is 32.6 Å². The number of carbonyl (C=O) groups is 1. The third-order valence-corrected chi connectivity index (χ3v) is 5.61. The van der Waals surface area contributed by atoms with Gasteiger partial charge in [0.1, 0.15) is 0 Å². The van der Waals surface area contributed by atoms with Crippen molar-refractivity contribution in [2.24, 2.45) is 17.8 Å². The van der Waals surface area contributed by atoms with Crippen molar-refractivity contribution in [3.8, 4) is 0 Å². The topological polar surface area (TPSA) is 41.1 Å². The van der Waals surface area contributed by atoms with Crippen LogP contribution in [0, 0.1) is 17.8 Å². The maximum Gasteiger partial charge on any atom is 0.319 e. The summed E-state index contributed by atoms with van der Waals surface area (Å²) in [4.78, 5) is 12.1. The predicted octanol–water partition coefficient (Wildman–Crippen LogP) is 4.40. The molecule has 0 radical (unpaired) electrons. The van der Waals surface area contributed by atoms with Crippen LogP contribution in [-0.2, 0) is 0 Å². The molecule has 1 aromatic rings. The van der Waals surface area contributed by atoms with Gasteiger partial charge in [-0.2, -0.15) is 0 Å². The Morgan fingerprint density at radius 1 is 1.30 bits per heavy atom. The minimum atomic E-state index is -0.104. The average molecular weight is 337 g/mol. The highest BCUT2D eigenvalue weighted by molar-refractivity contribution is 9.10. The molecule has 0 aromatic heterocycles. The summed E-state index contributed by atoms with van der Waals surface area (Å²) in [5.41, 5.74) is 0.810. The zero-order valence-electron chi connectivity index (χ0n) is 11.7. The molecule has 0 aliphatic heterocycles. The Morgan fingerprint density at radius 2 is 2.10 bits per heavy atom. The molecule has 1 aromatic carbocycles. The molecule has 3 nitrogen and oxygen atoms in total. The van der Waals surface area contributed by atoms with Gasteiger partial charge in [-0.3, -0.25) is 0 Å². The number of carbonyl (C=O) groups excluding carboxylic acids is 1. The number of hydrogen-bond acceptors (Lipinski definition) is 1. The number of anilines is 1. The van der Waals surface area contributed by atoms with Gasteiger partial charge >= 0.3 is 6.03 Å². The molecule has 2 saturated carbocycles. The van der Waals surface area contributed by atoms with Gasteiger partial charge in [-0.15, -0.1) is 0 Å². The van der Waals surface area contributed by atoms with Gasteiger partial charge in [-0.25, -0.2) is 4.79 Å². The zero-order valence-corrected chi connectivity index (χ0v) is 13.3. The standard InChI is InChI=1S/C16H21BrN2O/c1-10(13-9-11-6-7-12(13)8-11)18-16(20)19-15-5-3-2-4-14(15)17/h2-5,10-13H,6-9H2,1H3,(H2,18,19,20)/t10-,11+,12+,13+/m1/s1. The van der Waals surface area contributed by atoms with E-state index in [1.54, 1.807) is 0 Å². The van der Waals surface area contributed by atoms with Crippen LogP contribution in [0.5, 0.6) is 0 Å². The molecule has 4 heteroatoms. The number of urea groups is 1. The Hall–Kier alpha value is -1.03. The molecular weight excluding hydrogens is 316 g/mol. The third kappa shape index (κ3) is 2.85. The summed E-state index contributed by atoms with van der Waals surface area (Å²) in [7, 11) is 0. The second-order valence-corrected chi connectivity index (χ2v) is 7.06. The fourth-order valence-electron chi connectivity index (χ4n) is 3.94. The first-order valence-electron chi connectivity index (χ1n) is 7.45. The molecule has 108 valence electrons. The van der Waals surface area contributed by atoms with Crippen molar-refractivity contribution >= 4 is 27.6 Å². The molecule has 4 atom stereocenters. The monoisotopic (exact) mass is 336 g/mol. The molecule has 0 spiro atoms. The Labute approximate surface area is 128 Å². The largest absolute Gasteiger partial charge is 0.335 e. The highest BCUT2D eigenvalue weighted by Gasteiger charge is 2.42. The SMILES string of the molecule is C[C@@H](NC(=O)Nc1ccccc1Br)[C@@H]1C[C@H]2CC[C@H]1C2. The van der Waals surface area contributed by atoms with E-state index in [2.05, 4.69) is 33.5 Å².